The molecule has 1 aliphatic heterocycles. The first-order valence-electron chi connectivity index (χ1n) is 11.7. The van der Waals surface area contributed by atoms with Crippen molar-refractivity contribution in [3.8, 4) is 0 Å². The number of ether oxygens (including phenoxy) is 2. The molecule has 5 nitrogen and oxygen atoms in total. The van der Waals surface area contributed by atoms with E-state index in [9.17, 15) is 10.2 Å². The molecule has 34 heavy (non-hydrogen) atoms. The van der Waals surface area contributed by atoms with Gasteiger partial charge in [0.2, 0.25) is 0 Å². The molecule has 0 radical (unpaired) electrons. The smallest absolute Gasteiger partial charge is 0.261 e. The van der Waals surface area contributed by atoms with E-state index in [1.165, 1.54) is 0 Å². The van der Waals surface area contributed by atoms with Crippen LogP contribution >= 0.6 is 0 Å². The van der Waals surface area contributed by atoms with Crippen molar-refractivity contribution in [1.29, 1.82) is 0 Å². The van der Waals surface area contributed by atoms with Gasteiger partial charge in [0, 0.05) is 0 Å². The van der Waals surface area contributed by atoms with Crippen LogP contribution in [0.1, 0.15) is 26.3 Å². The summed E-state index contributed by atoms with van der Waals surface area (Å²) >= 11 is 0. The Balaban J connectivity index is 1.60. The van der Waals surface area contributed by atoms with Crippen molar-refractivity contribution >= 4 is 18.7 Å². The van der Waals surface area contributed by atoms with Crippen LogP contribution in [-0.4, -0.2) is 49.7 Å². The highest BCUT2D eigenvalue weighted by molar-refractivity contribution is 6.99. The third kappa shape index (κ3) is 5.03. The summed E-state index contributed by atoms with van der Waals surface area (Å²) in [6, 6.07) is 30.2. The van der Waals surface area contributed by atoms with Gasteiger partial charge in [-0.05, 0) is 21.0 Å². The van der Waals surface area contributed by atoms with E-state index in [1.807, 2.05) is 66.7 Å². The van der Waals surface area contributed by atoms with Crippen LogP contribution in [0.25, 0.3) is 0 Å². The standard InChI is InChI=1S/C28H34O5Si/c1-28(2,3)34(22-15-9-5-10-16-22,23-17-11-6-12-18-23)33-26-25(29)24(32-27(26)30)20-31-19-21-13-7-4-8-14-21/h4-18,24-27,29-30H,19-20H2,1-3H3/t24-,25-,26-,27+/m1/s1. The topological polar surface area (TPSA) is 68.2 Å². The van der Waals surface area contributed by atoms with Crippen LogP contribution in [0.2, 0.25) is 5.04 Å². The molecule has 3 aromatic carbocycles. The molecule has 0 amide bonds. The van der Waals surface area contributed by atoms with Crippen LogP contribution in [0.15, 0.2) is 91.0 Å². The Labute approximate surface area is 203 Å². The van der Waals surface area contributed by atoms with Gasteiger partial charge < -0.3 is 24.1 Å². The molecule has 180 valence electrons. The molecule has 3 aromatic rings. The van der Waals surface area contributed by atoms with Crippen LogP contribution in [0.3, 0.4) is 0 Å². The van der Waals surface area contributed by atoms with Crippen LogP contribution in [0, 0.1) is 0 Å². The second-order valence-electron chi connectivity index (χ2n) is 9.80. The molecule has 2 N–H and O–H groups in total. The van der Waals surface area contributed by atoms with Gasteiger partial charge in [-0.2, -0.15) is 0 Å². The molecule has 0 spiro atoms. The number of hydrogen-bond acceptors (Lipinski definition) is 5. The zero-order valence-corrected chi connectivity index (χ0v) is 21.0. The zero-order chi connectivity index (χ0) is 24.2. The monoisotopic (exact) mass is 478 g/mol. The van der Waals surface area contributed by atoms with Crippen molar-refractivity contribution in [2.75, 3.05) is 6.61 Å². The quantitative estimate of drug-likeness (QED) is 0.487. The summed E-state index contributed by atoms with van der Waals surface area (Å²) in [4.78, 5) is 0. The molecule has 0 aliphatic carbocycles. The van der Waals surface area contributed by atoms with Gasteiger partial charge in [0.15, 0.2) is 6.29 Å². The maximum Gasteiger partial charge on any atom is 0.261 e. The van der Waals surface area contributed by atoms with Gasteiger partial charge in [0.1, 0.15) is 18.3 Å². The normalized spacial score (nSPS) is 23.2. The van der Waals surface area contributed by atoms with E-state index in [0.717, 1.165) is 15.9 Å². The van der Waals surface area contributed by atoms with E-state index in [2.05, 4.69) is 45.0 Å². The minimum Gasteiger partial charge on any atom is -0.396 e. The molecule has 0 aromatic heterocycles. The Morgan fingerprint density at radius 2 is 1.29 bits per heavy atom. The van der Waals surface area contributed by atoms with Gasteiger partial charge in [-0.3, -0.25) is 0 Å². The molecule has 1 fully saturated rings. The first-order valence-corrected chi connectivity index (χ1v) is 13.7. The highest BCUT2D eigenvalue weighted by Crippen LogP contribution is 2.39. The van der Waals surface area contributed by atoms with Gasteiger partial charge in [0.25, 0.3) is 8.32 Å². The van der Waals surface area contributed by atoms with Gasteiger partial charge in [0.05, 0.1) is 13.2 Å². The fourth-order valence-corrected chi connectivity index (χ4v) is 9.42. The van der Waals surface area contributed by atoms with E-state index in [0.29, 0.717) is 6.61 Å². The summed E-state index contributed by atoms with van der Waals surface area (Å²) in [5.41, 5.74) is 1.04. The lowest BCUT2D eigenvalue weighted by Crippen LogP contribution is -2.69. The molecule has 0 bridgehead atoms. The van der Waals surface area contributed by atoms with Crippen LogP contribution in [0.5, 0.6) is 0 Å². The lowest BCUT2D eigenvalue weighted by molar-refractivity contribution is -0.135. The minimum atomic E-state index is -2.95. The summed E-state index contributed by atoms with van der Waals surface area (Å²) in [6.45, 7) is 7.05. The molecule has 1 heterocycles. The molecular weight excluding hydrogens is 444 g/mol. The van der Waals surface area contributed by atoms with E-state index >= 15 is 0 Å². The fourth-order valence-electron chi connectivity index (χ4n) is 4.75. The van der Waals surface area contributed by atoms with Crippen molar-refractivity contribution in [1.82, 2.24) is 0 Å². The first-order chi connectivity index (χ1) is 16.3. The number of rotatable bonds is 8. The van der Waals surface area contributed by atoms with Crippen molar-refractivity contribution in [2.24, 2.45) is 0 Å². The molecule has 4 rings (SSSR count). The number of hydrogen-bond donors (Lipinski definition) is 2. The molecule has 1 aliphatic rings. The lowest BCUT2D eigenvalue weighted by Gasteiger charge is -2.45. The summed E-state index contributed by atoms with van der Waals surface area (Å²) in [5.74, 6) is 0. The number of benzene rings is 3. The molecule has 4 atom stereocenters. The minimum absolute atomic E-state index is 0.160. The van der Waals surface area contributed by atoms with Crippen molar-refractivity contribution in [3.05, 3.63) is 96.6 Å². The maximum atomic E-state index is 11.2. The molecule has 1 saturated heterocycles. The van der Waals surface area contributed by atoms with Crippen LogP contribution in [-0.2, 0) is 20.5 Å². The number of aliphatic hydroxyl groups excluding tert-OH is 2. The van der Waals surface area contributed by atoms with E-state index in [4.69, 9.17) is 13.9 Å². The Kier molecular flexibility index (Phi) is 7.67. The van der Waals surface area contributed by atoms with Gasteiger partial charge in [-0.1, -0.05) is 112 Å². The third-order valence-electron chi connectivity index (χ3n) is 6.44. The molecule has 0 unspecified atom stereocenters. The SMILES string of the molecule is CC(C)(C)[Si](O[C@@H]1[C@H](O)[C@@H](COCc2ccccc2)O[C@@H]1O)(c1ccccc1)c1ccccc1. The predicted octanol–water partition coefficient (Wildman–Crippen LogP) is 3.23. The average molecular weight is 479 g/mol. The molecular formula is C28H34O5Si. The summed E-state index contributed by atoms with van der Waals surface area (Å²) in [7, 11) is -2.95. The second-order valence-corrected chi connectivity index (χ2v) is 14.1. The van der Waals surface area contributed by atoms with Gasteiger partial charge >= 0.3 is 0 Å². The highest BCUT2D eigenvalue weighted by Gasteiger charge is 2.55. The molecule has 0 saturated carbocycles. The summed E-state index contributed by atoms with van der Waals surface area (Å²) in [6.07, 6.45) is -3.84. The number of aliphatic hydroxyl groups is 2. The predicted molar refractivity (Wildman–Crippen MR) is 135 cm³/mol. The highest BCUT2D eigenvalue weighted by atomic mass is 28.4. The lowest BCUT2D eigenvalue weighted by atomic mass is 10.1. The Morgan fingerprint density at radius 1 is 0.794 bits per heavy atom. The van der Waals surface area contributed by atoms with Gasteiger partial charge in [-0.15, -0.1) is 0 Å². The van der Waals surface area contributed by atoms with E-state index in [-0.39, 0.29) is 11.6 Å². The maximum absolute atomic E-state index is 11.2. The third-order valence-corrected chi connectivity index (χ3v) is 11.5. The van der Waals surface area contributed by atoms with Crippen molar-refractivity contribution < 1.29 is 24.1 Å². The van der Waals surface area contributed by atoms with Crippen molar-refractivity contribution in [3.63, 3.8) is 0 Å². The van der Waals surface area contributed by atoms with Crippen LogP contribution in [0.4, 0.5) is 0 Å². The van der Waals surface area contributed by atoms with E-state index < -0.39 is 32.9 Å². The van der Waals surface area contributed by atoms with Gasteiger partial charge in [-0.25, -0.2) is 0 Å². The van der Waals surface area contributed by atoms with E-state index in [1.54, 1.807) is 0 Å². The van der Waals surface area contributed by atoms with Crippen LogP contribution < -0.4 is 10.4 Å². The largest absolute Gasteiger partial charge is 0.396 e. The Bertz CT molecular complexity index is 983. The molecule has 6 heteroatoms. The Hall–Kier alpha value is -2.32. The fraction of sp³-hybridized carbons (Fsp3) is 0.357. The average Bonchev–Trinajstić information content (AvgIpc) is 3.10. The first kappa shape index (κ1) is 24.8. The zero-order valence-electron chi connectivity index (χ0n) is 20.0. The second kappa shape index (κ2) is 10.5. The van der Waals surface area contributed by atoms with Crippen molar-refractivity contribution in [2.45, 2.75) is 57.0 Å². The Morgan fingerprint density at radius 3 is 1.79 bits per heavy atom. The summed E-state index contributed by atoms with van der Waals surface area (Å²) in [5, 5.41) is 23.9. The summed E-state index contributed by atoms with van der Waals surface area (Å²) < 4.78 is 18.4.